The molecule has 0 saturated carbocycles. The summed E-state index contributed by atoms with van der Waals surface area (Å²) in [6, 6.07) is 12.5. The third-order valence-corrected chi connectivity index (χ3v) is 4.63. The Balaban J connectivity index is 1.48. The summed E-state index contributed by atoms with van der Waals surface area (Å²) in [7, 11) is 0. The van der Waals surface area contributed by atoms with Crippen molar-refractivity contribution >= 4 is 5.91 Å². The number of nitrogens with one attached hydrogen (secondary N) is 1. The van der Waals surface area contributed by atoms with Crippen LogP contribution < -0.4 is 10.1 Å². The lowest BCUT2D eigenvalue weighted by molar-refractivity contribution is -0.127. The number of fused-ring (bicyclic) bond motifs is 1. The maximum Gasteiger partial charge on any atom is 0.260 e. The Morgan fingerprint density at radius 2 is 1.84 bits per heavy atom. The quantitative estimate of drug-likeness (QED) is 0.867. The largest absolute Gasteiger partial charge is 0.481 e. The first kappa shape index (κ1) is 17.5. The van der Waals surface area contributed by atoms with E-state index in [2.05, 4.69) is 17.4 Å². The van der Waals surface area contributed by atoms with Crippen LogP contribution in [0.25, 0.3) is 0 Å². The summed E-state index contributed by atoms with van der Waals surface area (Å²) < 4.78 is 18.7. The van der Waals surface area contributed by atoms with E-state index in [9.17, 15) is 9.18 Å². The second-order valence-electron chi connectivity index (χ2n) is 6.57. The van der Waals surface area contributed by atoms with E-state index in [-0.39, 0.29) is 11.7 Å². The van der Waals surface area contributed by atoms with Crippen LogP contribution in [0.2, 0.25) is 0 Å². The Morgan fingerprint density at radius 3 is 2.60 bits per heavy atom. The Morgan fingerprint density at radius 1 is 1.12 bits per heavy atom. The number of halogens is 1. The van der Waals surface area contributed by atoms with Gasteiger partial charge in [-0.3, -0.25) is 4.79 Å². The van der Waals surface area contributed by atoms with Crippen molar-refractivity contribution in [3.8, 4) is 5.75 Å². The zero-order valence-corrected chi connectivity index (χ0v) is 14.6. The number of hydrogen-bond donors (Lipinski definition) is 1. The van der Waals surface area contributed by atoms with E-state index in [0.29, 0.717) is 13.0 Å². The van der Waals surface area contributed by atoms with Gasteiger partial charge in [-0.25, -0.2) is 4.39 Å². The molecular formula is C21H24FNO2. The molecule has 0 heterocycles. The highest BCUT2D eigenvalue weighted by molar-refractivity contribution is 5.80. The summed E-state index contributed by atoms with van der Waals surface area (Å²) in [5, 5.41) is 2.87. The van der Waals surface area contributed by atoms with Gasteiger partial charge in [-0.2, -0.15) is 0 Å². The third-order valence-electron chi connectivity index (χ3n) is 4.63. The number of hydrogen-bond acceptors (Lipinski definition) is 2. The van der Waals surface area contributed by atoms with Crippen molar-refractivity contribution in [3.63, 3.8) is 0 Å². The van der Waals surface area contributed by atoms with E-state index in [0.717, 1.165) is 24.2 Å². The van der Waals surface area contributed by atoms with Crippen molar-refractivity contribution in [3.05, 3.63) is 65.0 Å². The Hall–Kier alpha value is -2.36. The third kappa shape index (κ3) is 4.81. The van der Waals surface area contributed by atoms with Gasteiger partial charge in [0.25, 0.3) is 5.91 Å². The average molecular weight is 341 g/mol. The topological polar surface area (TPSA) is 38.3 Å². The van der Waals surface area contributed by atoms with Gasteiger partial charge in [0.05, 0.1) is 0 Å². The van der Waals surface area contributed by atoms with Crippen LogP contribution in [-0.4, -0.2) is 18.6 Å². The fourth-order valence-electron chi connectivity index (χ4n) is 3.17. The molecule has 0 fully saturated rings. The first-order valence-electron chi connectivity index (χ1n) is 8.92. The van der Waals surface area contributed by atoms with Crippen molar-refractivity contribution in [2.24, 2.45) is 0 Å². The predicted octanol–water partition coefficient (Wildman–Crippen LogP) is 3.83. The molecule has 4 heteroatoms. The van der Waals surface area contributed by atoms with E-state index >= 15 is 0 Å². The Labute approximate surface area is 148 Å². The van der Waals surface area contributed by atoms with Gasteiger partial charge in [0.1, 0.15) is 11.6 Å². The number of amides is 1. The second kappa shape index (κ2) is 8.15. The minimum Gasteiger partial charge on any atom is -0.481 e. The van der Waals surface area contributed by atoms with Crippen LogP contribution in [0, 0.1) is 5.82 Å². The highest BCUT2D eigenvalue weighted by atomic mass is 19.1. The summed E-state index contributed by atoms with van der Waals surface area (Å²) in [6.07, 6.45) is 4.81. The monoisotopic (exact) mass is 341 g/mol. The lowest BCUT2D eigenvalue weighted by Crippen LogP contribution is -2.37. The van der Waals surface area contributed by atoms with Crippen LogP contribution >= 0.6 is 0 Å². The Bertz CT molecular complexity index is 727. The van der Waals surface area contributed by atoms with E-state index in [1.54, 1.807) is 19.1 Å². The highest BCUT2D eigenvalue weighted by Gasteiger charge is 2.16. The van der Waals surface area contributed by atoms with Crippen molar-refractivity contribution < 1.29 is 13.9 Å². The molecule has 0 aromatic heterocycles. The van der Waals surface area contributed by atoms with E-state index in [1.807, 2.05) is 6.07 Å². The average Bonchev–Trinajstić information content (AvgIpc) is 2.63. The zero-order valence-electron chi connectivity index (χ0n) is 14.6. The second-order valence-corrected chi connectivity index (χ2v) is 6.57. The lowest BCUT2D eigenvalue weighted by atomic mass is 9.92. The predicted molar refractivity (Wildman–Crippen MR) is 96.3 cm³/mol. The van der Waals surface area contributed by atoms with Gasteiger partial charge in [-0.1, -0.05) is 18.2 Å². The molecule has 0 spiro atoms. The van der Waals surface area contributed by atoms with Crippen molar-refractivity contribution in [2.75, 3.05) is 6.54 Å². The van der Waals surface area contributed by atoms with Gasteiger partial charge in [0.15, 0.2) is 6.10 Å². The summed E-state index contributed by atoms with van der Waals surface area (Å²) >= 11 is 0. The standard InChI is InChI=1S/C21H24FNO2/c1-15(21(24)23-13-12-16-6-9-19(22)10-7-16)25-20-11-8-17-4-2-3-5-18(17)14-20/h6-11,14-15H,2-5,12-13H2,1H3,(H,23,24). The molecule has 3 rings (SSSR count). The molecule has 0 bridgehead atoms. The molecule has 132 valence electrons. The van der Waals surface area contributed by atoms with Gasteiger partial charge >= 0.3 is 0 Å². The molecule has 1 amide bonds. The highest BCUT2D eigenvalue weighted by Crippen LogP contribution is 2.25. The van der Waals surface area contributed by atoms with Gasteiger partial charge in [0, 0.05) is 6.54 Å². The van der Waals surface area contributed by atoms with Gasteiger partial charge < -0.3 is 10.1 Å². The number of ether oxygens (including phenoxy) is 1. The molecule has 0 saturated heterocycles. The first-order valence-corrected chi connectivity index (χ1v) is 8.92. The number of aryl methyl sites for hydroxylation is 2. The minimum absolute atomic E-state index is 0.139. The smallest absolute Gasteiger partial charge is 0.260 e. The van der Waals surface area contributed by atoms with E-state index < -0.39 is 6.10 Å². The number of carbonyl (C=O) groups excluding carboxylic acids is 1. The SMILES string of the molecule is CC(Oc1ccc2c(c1)CCCC2)C(=O)NCCc1ccc(F)cc1. The summed E-state index contributed by atoms with van der Waals surface area (Å²) in [5.41, 5.74) is 3.73. The summed E-state index contributed by atoms with van der Waals surface area (Å²) in [5.74, 6) is 0.363. The molecule has 3 nitrogen and oxygen atoms in total. The normalized spacial score (nSPS) is 14.5. The van der Waals surface area contributed by atoms with Crippen LogP contribution in [0.5, 0.6) is 5.75 Å². The summed E-state index contributed by atoms with van der Waals surface area (Å²) in [6.45, 7) is 2.26. The fourth-order valence-corrected chi connectivity index (χ4v) is 3.17. The zero-order chi connectivity index (χ0) is 17.6. The Kier molecular flexibility index (Phi) is 5.69. The van der Waals surface area contributed by atoms with Crippen LogP contribution in [0.1, 0.15) is 36.5 Å². The van der Waals surface area contributed by atoms with Crippen molar-refractivity contribution in [2.45, 2.75) is 45.1 Å². The molecule has 0 aliphatic heterocycles. The molecule has 2 aromatic rings. The molecule has 2 aromatic carbocycles. The molecule has 1 aliphatic rings. The molecule has 1 aliphatic carbocycles. The number of carbonyl (C=O) groups is 1. The van der Waals surface area contributed by atoms with E-state index in [4.69, 9.17) is 4.74 Å². The van der Waals surface area contributed by atoms with Crippen LogP contribution in [-0.2, 0) is 24.1 Å². The van der Waals surface area contributed by atoms with Gasteiger partial charge in [-0.05, 0) is 80.0 Å². The minimum atomic E-state index is -0.546. The van der Waals surface area contributed by atoms with Crippen molar-refractivity contribution in [1.29, 1.82) is 0 Å². The lowest BCUT2D eigenvalue weighted by Gasteiger charge is -2.19. The number of benzene rings is 2. The molecule has 1 atom stereocenters. The van der Waals surface area contributed by atoms with Crippen LogP contribution in [0.4, 0.5) is 4.39 Å². The fraction of sp³-hybridized carbons (Fsp3) is 0.381. The maximum absolute atomic E-state index is 12.9. The van der Waals surface area contributed by atoms with Crippen LogP contribution in [0.3, 0.4) is 0 Å². The molecule has 1 N–H and O–H groups in total. The molecular weight excluding hydrogens is 317 g/mol. The first-order chi connectivity index (χ1) is 12.1. The van der Waals surface area contributed by atoms with Crippen LogP contribution in [0.15, 0.2) is 42.5 Å². The molecule has 1 unspecified atom stereocenters. The van der Waals surface area contributed by atoms with E-state index in [1.165, 1.54) is 36.1 Å². The number of rotatable bonds is 6. The maximum atomic E-state index is 12.9. The molecule has 25 heavy (non-hydrogen) atoms. The summed E-state index contributed by atoms with van der Waals surface area (Å²) in [4.78, 5) is 12.2. The molecule has 0 radical (unpaired) electrons. The van der Waals surface area contributed by atoms with Crippen molar-refractivity contribution in [1.82, 2.24) is 5.32 Å². The van der Waals surface area contributed by atoms with Gasteiger partial charge in [0.2, 0.25) is 0 Å². The van der Waals surface area contributed by atoms with Gasteiger partial charge in [-0.15, -0.1) is 0 Å².